The summed E-state index contributed by atoms with van der Waals surface area (Å²) in [5.41, 5.74) is 1.18. The van der Waals surface area contributed by atoms with Gasteiger partial charge >= 0.3 is 0 Å². The summed E-state index contributed by atoms with van der Waals surface area (Å²) in [7, 11) is -1.41. The van der Waals surface area contributed by atoms with E-state index in [1.54, 1.807) is 12.1 Å². The third-order valence-corrected chi connectivity index (χ3v) is 5.39. The number of hydrogen-bond donors (Lipinski definition) is 2. The zero-order valence-electron chi connectivity index (χ0n) is 12.2. The molecule has 0 radical (unpaired) electrons. The van der Waals surface area contributed by atoms with Crippen LogP contribution in [-0.4, -0.2) is 28.1 Å². The van der Waals surface area contributed by atoms with Gasteiger partial charge in [0.1, 0.15) is 0 Å². The van der Waals surface area contributed by atoms with Crippen molar-refractivity contribution in [1.29, 1.82) is 0 Å². The zero-order chi connectivity index (χ0) is 14.6. The van der Waals surface area contributed by atoms with Gasteiger partial charge in [-0.3, -0.25) is 0 Å². The highest BCUT2D eigenvalue weighted by atomic mass is 32.2. The van der Waals surface area contributed by atoms with Crippen LogP contribution in [-0.2, 0) is 16.4 Å². The second kappa shape index (κ2) is 6.70. The van der Waals surface area contributed by atoms with Crippen molar-refractivity contribution >= 4 is 10.0 Å². The fourth-order valence-electron chi connectivity index (χ4n) is 2.42. The van der Waals surface area contributed by atoms with E-state index in [4.69, 9.17) is 0 Å². The van der Waals surface area contributed by atoms with E-state index >= 15 is 0 Å². The van der Waals surface area contributed by atoms with Gasteiger partial charge in [-0.25, -0.2) is 13.1 Å². The lowest BCUT2D eigenvalue weighted by molar-refractivity contribution is 0.576. The smallest absolute Gasteiger partial charge is 0.240 e. The van der Waals surface area contributed by atoms with Gasteiger partial charge in [-0.2, -0.15) is 0 Å². The van der Waals surface area contributed by atoms with Crippen LogP contribution in [0.2, 0.25) is 0 Å². The lowest BCUT2D eigenvalue weighted by Crippen LogP contribution is -2.27. The van der Waals surface area contributed by atoms with Gasteiger partial charge in [-0.15, -0.1) is 0 Å². The van der Waals surface area contributed by atoms with Crippen LogP contribution in [0.4, 0.5) is 0 Å². The standard InChI is InChI=1S/C15H24N2O2S/c1-3-13-11-15(13)17-20(18,19)14-8-6-12(7-9-14)5-4-10-16-2/h6-9,13,15-17H,3-5,10-11H2,1-2H3. The quantitative estimate of drug-likeness (QED) is 0.721. The van der Waals surface area contributed by atoms with Crippen LogP contribution in [0.1, 0.15) is 31.7 Å². The van der Waals surface area contributed by atoms with Crippen molar-refractivity contribution in [2.45, 2.75) is 43.5 Å². The second-order valence-electron chi connectivity index (χ2n) is 5.48. The average Bonchev–Trinajstić information content (AvgIpc) is 3.17. The van der Waals surface area contributed by atoms with Gasteiger partial charge in [-0.1, -0.05) is 25.5 Å². The maximum Gasteiger partial charge on any atom is 0.240 e. The number of nitrogens with one attached hydrogen (secondary N) is 2. The van der Waals surface area contributed by atoms with Gasteiger partial charge in [0.2, 0.25) is 10.0 Å². The largest absolute Gasteiger partial charge is 0.320 e. The summed E-state index contributed by atoms with van der Waals surface area (Å²) in [5, 5.41) is 3.11. The summed E-state index contributed by atoms with van der Waals surface area (Å²) < 4.78 is 27.2. The molecule has 0 bridgehead atoms. The first-order valence-corrected chi connectivity index (χ1v) is 8.81. The first kappa shape index (κ1) is 15.5. The van der Waals surface area contributed by atoms with Crippen LogP contribution in [0.25, 0.3) is 0 Å². The highest BCUT2D eigenvalue weighted by Gasteiger charge is 2.38. The maximum absolute atomic E-state index is 12.2. The Morgan fingerprint density at radius 3 is 2.50 bits per heavy atom. The number of benzene rings is 1. The molecule has 2 rings (SSSR count). The fraction of sp³-hybridized carbons (Fsp3) is 0.600. The molecule has 1 aliphatic rings. The molecule has 1 aromatic rings. The molecule has 20 heavy (non-hydrogen) atoms. The summed E-state index contributed by atoms with van der Waals surface area (Å²) in [6.45, 7) is 3.07. The highest BCUT2D eigenvalue weighted by molar-refractivity contribution is 7.89. The van der Waals surface area contributed by atoms with Gasteiger partial charge in [0.15, 0.2) is 0 Å². The van der Waals surface area contributed by atoms with Gasteiger partial charge in [0.25, 0.3) is 0 Å². The molecular weight excluding hydrogens is 272 g/mol. The Bertz CT molecular complexity index is 525. The molecule has 1 aromatic carbocycles. The number of sulfonamides is 1. The van der Waals surface area contributed by atoms with Crippen LogP contribution in [0, 0.1) is 5.92 Å². The molecule has 0 amide bonds. The van der Waals surface area contributed by atoms with Crippen LogP contribution in [0.5, 0.6) is 0 Å². The van der Waals surface area contributed by atoms with E-state index in [0.29, 0.717) is 10.8 Å². The van der Waals surface area contributed by atoms with E-state index in [1.807, 2.05) is 19.2 Å². The Hall–Kier alpha value is -0.910. The monoisotopic (exact) mass is 296 g/mol. The predicted octanol–water partition coefficient (Wildman–Crippen LogP) is 1.92. The third kappa shape index (κ3) is 4.04. The Morgan fingerprint density at radius 2 is 1.95 bits per heavy atom. The Morgan fingerprint density at radius 1 is 1.25 bits per heavy atom. The predicted molar refractivity (Wildman–Crippen MR) is 81.2 cm³/mol. The molecule has 0 saturated heterocycles. The molecule has 0 aliphatic heterocycles. The lowest BCUT2D eigenvalue weighted by atomic mass is 10.1. The van der Waals surface area contributed by atoms with Crippen LogP contribution in [0.3, 0.4) is 0 Å². The van der Waals surface area contributed by atoms with E-state index in [1.165, 1.54) is 5.56 Å². The van der Waals surface area contributed by atoms with E-state index in [-0.39, 0.29) is 6.04 Å². The Kier molecular flexibility index (Phi) is 5.18. The number of aryl methyl sites for hydroxylation is 1. The van der Waals surface area contributed by atoms with Gasteiger partial charge in [0, 0.05) is 6.04 Å². The molecule has 2 atom stereocenters. The van der Waals surface area contributed by atoms with E-state index in [0.717, 1.165) is 32.2 Å². The minimum atomic E-state index is -3.34. The summed E-state index contributed by atoms with van der Waals surface area (Å²) in [6, 6.07) is 7.38. The molecule has 0 aromatic heterocycles. The minimum Gasteiger partial charge on any atom is -0.320 e. The molecule has 1 fully saturated rings. The fourth-order valence-corrected chi connectivity index (χ4v) is 3.73. The number of hydrogen-bond acceptors (Lipinski definition) is 3. The van der Waals surface area contributed by atoms with Crippen LogP contribution < -0.4 is 10.0 Å². The van der Waals surface area contributed by atoms with Crippen molar-refractivity contribution < 1.29 is 8.42 Å². The molecule has 2 N–H and O–H groups in total. The molecular formula is C15H24N2O2S. The molecule has 1 aliphatic carbocycles. The van der Waals surface area contributed by atoms with Crippen molar-refractivity contribution in [3.63, 3.8) is 0 Å². The topological polar surface area (TPSA) is 58.2 Å². The third-order valence-electron chi connectivity index (χ3n) is 3.88. The first-order chi connectivity index (χ1) is 9.56. The maximum atomic E-state index is 12.2. The molecule has 1 saturated carbocycles. The van der Waals surface area contributed by atoms with Crippen molar-refractivity contribution in [2.75, 3.05) is 13.6 Å². The van der Waals surface area contributed by atoms with Crippen molar-refractivity contribution in [3.05, 3.63) is 29.8 Å². The van der Waals surface area contributed by atoms with Crippen LogP contribution in [0.15, 0.2) is 29.2 Å². The molecule has 112 valence electrons. The zero-order valence-corrected chi connectivity index (χ0v) is 13.0. The van der Waals surface area contributed by atoms with Gasteiger partial charge < -0.3 is 5.32 Å². The Balaban J connectivity index is 1.94. The lowest BCUT2D eigenvalue weighted by Gasteiger charge is -2.07. The molecule has 5 heteroatoms. The minimum absolute atomic E-state index is 0.139. The number of rotatable bonds is 8. The van der Waals surface area contributed by atoms with Crippen molar-refractivity contribution in [2.24, 2.45) is 5.92 Å². The van der Waals surface area contributed by atoms with Crippen LogP contribution >= 0.6 is 0 Å². The van der Waals surface area contributed by atoms with E-state index in [2.05, 4.69) is 17.0 Å². The van der Waals surface area contributed by atoms with E-state index < -0.39 is 10.0 Å². The second-order valence-corrected chi connectivity index (χ2v) is 7.20. The van der Waals surface area contributed by atoms with Gasteiger partial charge in [-0.05, 0) is 56.5 Å². The summed E-state index contributed by atoms with van der Waals surface area (Å²) in [4.78, 5) is 0.372. The summed E-state index contributed by atoms with van der Waals surface area (Å²) in [6.07, 6.45) is 4.03. The highest BCUT2D eigenvalue weighted by Crippen LogP contribution is 2.34. The summed E-state index contributed by atoms with van der Waals surface area (Å²) in [5.74, 6) is 0.519. The van der Waals surface area contributed by atoms with Crippen molar-refractivity contribution in [1.82, 2.24) is 10.0 Å². The molecule has 2 unspecified atom stereocenters. The molecule has 0 heterocycles. The SMILES string of the molecule is CCC1CC1NS(=O)(=O)c1ccc(CCCNC)cc1. The summed E-state index contributed by atoms with van der Waals surface area (Å²) >= 11 is 0. The Labute approximate surface area is 122 Å². The first-order valence-electron chi connectivity index (χ1n) is 7.32. The average molecular weight is 296 g/mol. The van der Waals surface area contributed by atoms with E-state index in [9.17, 15) is 8.42 Å². The molecule has 4 nitrogen and oxygen atoms in total. The normalized spacial score (nSPS) is 21.9. The van der Waals surface area contributed by atoms with Gasteiger partial charge in [0.05, 0.1) is 4.90 Å². The molecule has 0 spiro atoms. The van der Waals surface area contributed by atoms with Crippen molar-refractivity contribution in [3.8, 4) is 0 Å².